The number of allylic oxidation sites excluding steroid dienone is 1. The summed E-state index contributed by atoms with van der Waals surface area (Å²) in [7, 11) is 0. The molecule has 1 fully saturated rings. The van der Waals surface area contributed by atoms with Gasteiger partial charge in [-0.15, -0.1) is 0 Å². The van der Waals surface area contributed by atoms with E-state index in [1.807, 2.05) is 0 Å². The molecule has 1 aliphatic heterocycles. The monoisotopic (exact) mass is 314 g/mol. The van der Waals surface area contributed by atoms with Gasteiger partial charge in [0.15, 0.2) is 5.78 Å². The van der Waals surface area contributed by atoms with Gasteiger partial charge in [0.05, 0.1) is 16.5 Å². The smallest absolute Gasteiger partial charge is 0.282 e. The normalized spacial score (nSPS) is 21.4. The number of ketones is 1. The Kier molecular flexibility index (Phi) is 3.55. The molecule has 1 aromatic rings. The number of nitro benzene ring substituents is 1. The average Bonchev–Trinajstić information content (AvgIpc) is 2.64. The SMILES string of the molecule is C=C1CCC[C@H](N2C(=O)c3cccc([N+](=O)[O-])c3C2=O)C(=O)C1. The Labute approximate surface area is 131 Å². The van der Waals surface area contributed by atoms with Gasteiger partial charge in [0.25, 0.3) is 17.5 Å². The van der Waals surface area contributed by atoms with Crippen molar-refractivity contribution in [3.63, 3.8) is 0 Å². The number of benzene rings is 1. The van der Waals surface area contributed by atoms with Gasteiger partial charge in [-0.25, -0.2) is 0 Å². The summed E-state index contributed by atoms with van der Waals surface area (Å²) in [6, 6.07) is 3.05. The van der Waals surface area contributed by atoms with Crippen molar-refractivity contribution in [2.24, 2.45) is 0 Å². The lowest BCUT2D eigenvalue weighted by Crippen LogP contribution is -2.44. The molecule has 1 saturated carbocycles. The molecule has 3 rings (SSSR count). The second-order valence-corrected chi connectivity index (χ2v) is 5.74. The zero-order valence-corrected chi connectivity index (χ0v) is 12.3. The van der Waals surface area contributed by atoms with E-state index in [1.165, 1.54) is 18.2 Å². The van der Waals surface area contributed by atoms with Crippen LogP contribution in [0.15, 0.2) is 30.4 Å². The van der Waals surface area contributed by atoms with E-state index >= 15 is 0 Å². The van der Waals surface area contributed by atoms with E-state index in [2.05, 4.69) is 6.58 Å². The van der Waals surface area contributed by atoms with Crippen LogP contribution in [0.1, 0.15) is 46.4 Å². The number of hydrogen-bond donors (Lipinski definition) is 0. The van der Waals surface area contributed by atoms with Crippen LogP contribution in [0.25, 0.3) is 0 Å². The Balaban J connectivity index is 2.03. The summed E-state index contributed by atoms with van der Waals surface area (Å²) in [4.78, 5) is 48.8. The number of imide groups is 1. The molecule has 0 bridgehead atoms. The van der Waals surface area contributed by atoms with Crippen LogP contribution in [0.4, 0.5) is 5.69 Å². The fraction of sp³-hybridized carbons (Fsp3) is 0.312. The van der Waals surface area contributed by atoms with Gasteiger partial charge < -0.3 is 0 Å². The molecule has 0 N–H and O–H groups in total. The van der Waals surface area contributed by atoms with Crippen molar-refractivity contribution in [3.05, 3.63) is 51.6 Å². The van der Waals surface area contributed by atoms with Crippen molar-refractivity contribution < 1.29 is 19.3 Å². The first kappa shape index (κ1) is 15.1. The Morgan fingerprint density at radius 1 is 1.22 bits per heavy atom. The fourth-order valence-corrected chi connectivity index (χ4v) is 3.15. The van der Waals surface area contributed by atoms with Crippen LogP contribution in [0.2, 0.25) is 0 Å². The predicted molar refractivity (Wildman–Crippen MR) is 80.0 cm³/mol. The first-order chi connectivity index (χ1) is 10.9. The van der Waals surface area contributed by atoms with E-state index in [1.54, 1.807) is 0 Å². The molecule has 1 heterocycles. The lowest BCUT2D eigenvalue weighted by atomic mass is 10.1. The van der Waals surface area contributed by atoms with E-state index in [0.29, 0.717) is 19.3 Å². The van der Waals surface area contributed by atoms with E-state index in [9.17, 15) is 24.5 Å². The third kappa shape index (κ3) is 2.34. The second kappa shape index (κ2) is 5.42. The molecule has 7 nitrogen and oxygen atoms in total. The van der Waals surface area contributed by atoms with Crippen molar-refractivity contribution in [1.29, 1.82) is 0 Å². The Morgan fingerprint density at radius 2 is 1.96 bits per heavy atom. The highest BCUT2D eigenvalue weighted by Gasteiger charge is 2.46. The van der Waals surface area contributed by atoms with Gasteiger partial charge in [0, 0.05) is 12.5 Å². The third-order valence-corrected chi connectivity index (χ3v) is 4.24. The van der Waals surface area contributed by atoms with Crippen LogP contribution in [0, 0.1) is 10.1 Å². The minimum absolute atomic E-state index is 0.0138. The van der Waals surface area contributed by atoms with Gasteiger partial charge in [0.2, 0.25) is 0 Å². The maximum atomic E-state index is 12.6. The molecule has 2 aliphatic rings. The number of Topliss-reactive ketones (excluding diaryl/α,β-unsaturated/α-hetero) is 1. The largest absolute Gasteiger partial charge is 0.297 e. The quantitative estimate of drug-likeness (QED) is 0.274. The molecule has 2 amide bonds. The summed E-state index contributed by atoms with van der Waals surface area (Å²) >= 11 is 0. The van der Waals surface area contributed by atoms with Crippen molar-refractivity contribution in [1.82, 2.24) is 4.90 Å². The molecule has 1 aromatic carbocycles. The summed E-state index contributed by atoms with van der Waals surface area (Å²) in [6.07, 6.45) is 1.80. The Bertz CT molecular complexity index is 768. The van der Waals surface area contributed by atoms with Gasteiger partial charge >= 0.3 is 0 Å². The molecular weight excluding hydrogens is 300 g/mol. The first-order valence-corrected chi connectivity index (χ1v) is 7.26. The molecule has 0 unspecified atom stereocenters. The molecule has 0 radical (unpaired) electrons. The molecule has 7 heteroatoms. The van der Waals surface area contributed by atoms with Crippen LogP contribution in [0.5, 0.6) is 0 Å². The van der Waals surface area contributed by atoms with Crippen molar-refractivity contribution in [2.75, 3.05) is 0 Å². The lowest BCUT2D eigenvalue weighted by Gasteiger charge is -2.23. The standard InChI is InChI=1S/C16H14N2O5/c1-9-4-2-6-11(13(19)8-9)17-15(20)10-5-3-7-12(18(22)23)14(10)16(17)21/h3,5,7,11H,1-2,4,6,8H2/t11-/m0/s1. The van der Waals surface area contributed by atoms with Gasteiger partial charge in [-0.2, -0.15) is 0 Å². The maximum absolute atomic E-state index is 12.6. The minimum Gasteiger partial charge on any atom is -0.297 e. The van der Waals surface area contributed by atoms with Gasteiger partial charge in [-0.3, -0.25) is 29.4 Å². The highest BCUT2D eigenvalue weighted by Crippen LogP contribution is 2.34. The van der Waals surface area contributed by atoms with Crippen LogP contribution in [-0.4, -0.2) is 33.5 Å². The molecule has 118 valence electrons. The fourth-order valence-electron chi connectivity index (χ4n) is 3.15. The van der Waals surface area contributed by atoms with Crippen molar-refractivity contribution in [3.8, 4) is 0 Å². The summed E-state index contributed by atoms with van der Waals surface area (Å²) in [5, 5.41) is 11.1. The highest BCUT2D eigenvalue weighted by atomic mass is 16.6. The number of nitrogens with zero attached hydrogens (tertiary/aromatic N) is 2. The minimum atomic E-state index is -0.874. The lowest BCUT2D eigenvalue weighted by molar-refractivity contribution is -0.385. The summed E-state index contributed by atoms with van der Waals surface area (Å²) in [5.41, 5.74) is 0.132. The molecule has 0 aromatic heterocycles. The number of amides is 2. The highest BCUT2D eigenvalue weighted by molar-refractivity contribution is 6.24. The van der Waals surface area contributed by atoms with Crippen molar-refractivity contribution in [2.45, 2.75) is 31.7 Å². The number of nitro groups is 1. The summed E-state index contributed by atoms with van der Waals surface area (Å²) < 4.78 is 0. The Morgan fingerprint density at radius 3 is 2.65 bits per heavy atom. The maximum Gasteiger partial charge on any atom is 0.282 e. The zero-order valence-electron chi connectivity index (χ0n) is 12.3. The van der Waals surface area contributed by atoms with Crippen LogP contribution in [-0.2, 0) is 4.79 Å². The number of rotatable bonds is 2. The molecule has 1 aliphatic carbocycles. The van der Waals surface area contributed by atoms with E-state index < -0.39 is 28.5 Å². The third-order valence-electron chi connectivity index (χ3n) is 4.24. The zero-order chi connectivity index (χ0) is 16.7. The first-order valence-electron chi connectivity index (χ1n) is 7.26. The van der Waals surface area contributed by atoms with Gasteiger partial charge in [-0.05, 0) is 25.3 Å². The number of hydrogen-bond acceptors (Lipinski definition) is 5. The topological polar surface area (TPSA) is 97.6 Å². The predicted octanol–water partition coefficient (Wildman–Crippen LogP) is 2.26. The molecule has 1 atom stereocenters. The number of carbonyl (C=O) groups excluding carboxylic acids is 3. The van der Waals surface area contributed by atoms with Crippen LogP contribution >= 0.6 is 0 Å². The molecule has 0 spiro atoms. The average molecular weight is 314 g/mol. The summed E-state index contributed by atoms with van der Waals surface area (Å²) in [6.45, 7) is 3.80. The van der Waals surface area contributed by atoms with E-state index in [0.717, 1.165) is 10.5 Å². The van der Waals surface area contributed by atoms with Crippen LogP contribution < -0.4 is 0 Å². The van der Waals surface area contributed by atoms with Gasteiger partial charge in [0.1, 0.15) is 5.56 Å². The van der Waals surface area contributed by atoms with Gasteiger partial charge in [-0.1, -0.05) is 18.2 Å². The molecule has 0 saturated heterocycles. The van der Waals surface area contributed by atoms with Crippen LogP contribution in [0.3, 0.4) is 0 Å². The Hall–Kier alpha value is -2.83. The number of fused-ring (bicyclic) bond motifs is 1. The molecule has 23 heavy (non-hydrogen) atoms. The van der Waals surface area contributed by atoms with E-state index in [-0.39, 0.29) is 23.3 Å². The summed E-state index contributed by atoms with van der Waals surface area (Å²) in [5.74, 6) is -1.65. The molecular formula is C16H14N2O5. The number of carbonyl (C=O) groups is 3. The van der Waals surface area contributed by atoms with E-state index in [4.69, 9.17) is 0 Å². The second-order valence-electron chi connectivity index (χ2n) is 5.74. The van der Waals surface area contributed by atoms with Crippen molar-refractivity contribution >= 4 is 23.3 Å².